The van der Waals surface area contributed by atoms with Gasteiger partial charge in [-0.15, -0.1) is 11.3 Å². The fourth-order valence-corrected chi connectivity index (χ4v) is 1.87. The highest BCUT2D eigenvalue weighted by atomic mass is 32.1. The molecule has 0 aromatic carbocycles. The number of anilines is 1. The highest BCUT2D eigenvalue weighted by molar-refractivity contribution is 7.13. The first-order valence-electron chi connectivity index (χ1n) is 4.54. The van der Waals surface area contributed by atoms with Gasteiger partial charge in [0, 0.05) is 11.4 Å². The molecular weight excluding hydrogens is 226 g/mol. The van der Waals surface area contributed by atoms with Gasteiger partial charge in [-0.1, -0.05) is 0 Å². The molecule has 0 fully saturated rings. The number of thiazole rings is 1. The molecule has 2 rings (SSSR count). The Hall–Kier alpha value is -1.82. The van der Waals surface area contributed by atoms with Gasteiger partial charge in [-0.25, -0.2) is 9.97 Å². The Morgan fingerprint density at radius 2 is 2.12 bits per heavy atom. The first-order chi connectivity index (χ1) is 7.74. The molecule has 2 heterocycles. The molecule has 0 amide bonds. The third kappa shape index (κ3) is 1.92. The summed E-state index contributed by atoms with van der Waals surface area (Å²) in [5.74, 6) is 1.16. The molecule has 0 aliphatic heterocycles. The molecule has 16 heavy (non-hydrogen) atoms. The van der Waals surface area contributed by atoms with Gasteiger partial charge in [0.25, 0.3) is 0 Å². The van der Waals surface area contributed by atoms with Crippen LogP contribution < -0.4 is 15.2 Å². The monoisotopic (exact) mass is 237 g/mol. The van der Waals surface area contributed by atoms with Crippen LogP contribution in [0.25, 0.3) is 11.3 Å². The Morgan fingerprint density at radius 1 is 1.31 bits per heavy atom. The van der Waals surface area contributed by atoms with Crippen molar-refractivity contribution in [2.24, 2.45) is 0 Å². The van der Waals surface area contributed by atoms with Crippen molar-refractivity contribution in [1.82, 2.24) is 9.97 Å². The predicted molar refractivity (Wildman–Crippen MR) is 62.9 cm³/mol. The van der Waals surface area contributed by atoms with Crippen molar-refractivity contribution in [3.05, 3.63) is 17.6 Å². The van der Waals surface area contributed by atoms with E-state index in [1.165, 1.54) is 11.3 Å². The number of ether oxygens (including phenoxy) is 2. The summed E-state index contributed by atoms with van der Waals surface area (Å²) in [5, 5.41) is 2.39. The number of aromatic nitrogens is 2. The van der Waals surface area contributed by atoms with Crippen LogP contribution in [0.4, 0.5) is 5.13 Å². The van der Waals surface area contributed by atoms with E-state index in [-0.39, 0.29) is 0 Å². The molecule has 0 atom stereocenters. The van der Waals surface area contributed by atoms with Crippen LogP contribution in [-0.4, -0.2) is 24.2 Å². The minimum Gasteiger partial charge on any atom is -0.494 e. The molecule has 0 aliphatic carbocycles. The predicted octanol–water partition coefficient (Wildman–Crippen LogP) is 1.80. The van der Waals surface area contributed by atoms with Gasteiger partial charge in [-0.2, -0.15) is 0 Å². The molecule has 5 nitrogen and oxygen atoms in total. The van der Waals surface area contributed by atoms with Crippen LogP contribution in [0.5, 0.6) is 11.6 Å². The summed E-state index contributed by atoms with van der Waals surface area (Å²) in [6.45, 7) is 0. The fraction of sp³-hybridized carbons (Fsp3) is 0.200. The van der Waals surface area contributed by atoms with E-state index in [9.17, 15) is 0 Å². The summed E-state index contributed by atoms with van der Waals surface area (Å²) >= 11 is 1.38. The number of rotatable bonds is 3. The van der Waals surface area contributed by atoms with Crippen LogP contribution in [0, 0.1) is 0 Å². The third-order valence-corrected chi connectivity index (χ3v) is 2.74. The average molecular weight is 237 g/mol. The van der Waals surface area contributed by atoms with E-state index >= 15 is 0 Å². The SMILES string of the molecule is COc1cc(-c2csc(N)n2)c(OC)cn1. The minimum absolute atomic E-state index is 0.516. The molecule has 6 heteroatoms. The zero-order valence-electron chi connectivity index (χ0n) is 8.93. The van der Waals surface area contributed by atoms with Crippen molar-refractivity contribution < 1.29 is 9.47 Å². The highest BCUT2D eigenvalue weighted by Gasteiger charge is 2.11. The number of hydrogen-bond acceptors (Lipinski definition) is 6. The topological polar surface area (TPSA) is 70.3 Å². The van der Waals surface area contributed by atoms with Crippen LogP contribution in [0.15, 0.2) is 17.6 Å². The van der Waals surface area contributed by atoms with Gasteiger partial charge in [0.05, 0.1) is 31.7 Å². The van der Waals surface area contributed by atoms with Crippen molar-refractivity contribution in [1.29, 1.82) is 0 Å². The molecule has 0 unspecified atom stereocenters. The lowest BCUT2D eigenvalue weighted by Gasteiger charge is -2.07. The van der Waals surface area contributed by atoms with Gasteiger partial charge >= 0.3 is 0 Å². The Labute approximate surface area is 96.9 Å². The Morgan fingerprint density at radius 3 is 2.69 bits per heavy atom. The van der Waals surface area contributed by atoms with Crippen molar-refractivity contribution in [3.8, 4) is 22.9 Å². The first-order valence-corrected chi connectivity index (χ1v) is 5.42. The maximum absolute atomic E-state index is 5.60. The van der Waals surface area contributed by atoms with E-state index in [0.29, 0.717) is 16.8 Å². The lowest BCUT2D eigenvalue weighted by Crippen LogP contribution is -1.93. The summed E-state index contributed by atoms with van der Waals surface area (Å²) in [6, 6.07) is 1.77. The largest absolute Gasteiger partial charge is 0.494 e. The second-order valence-corrected chi connectivity index (χ2v) is 3.89. The standard InChI is InChI=1S/C10H11N3O2S/c1-14-8-4-12-9(15-2)3-6(8)7-5-16-10(11)13-7/h3-5H,1-2H3,(H2,11,13). The third-order valence-electron chi connectivity index (χ3n) is 2.07. The molecule has 2 aromatic rings. The minimum atomic E-state index is 0.516. The van der Waals surface area contributed by atoms with Gasteiger partial charge in [0.2, 0.25) is 5.88 Å². The van der Waals surface area contributed by atoms with Crippen molar-refractivity contribution in [2.45, 2.75) is 0 Å². The average Bonchev–Trinajstić information content (AvgIpc) is 2.75. The van der Waals surface area contributed by atoms with E-state index in [1.54, 1.807) is 26.5 Å². The summed E-state index contributed by atoms with van der Waals surface area (Å²) in [4.78, 5) is 8.26. The Kier molecular flexibility index (Phi) is 2.91. The molecule has 0 saturated carbocycles. The molecule has 0 saturated heterocycles. The van der Waals surface area contributed by atoms with Crippen LogP contribution in [0.2, 0.25) is 0 Å². The number of pyridine rings is 1. The lowest BCUT2D eigenvalue weighted by atomic mass is 10.2. The highest BCUT2D eigenvalue weighted by Crippen LogP contribution is 2.32. The van der Waals surface area contributed by atoms with Gasteiger partial charge in [0.1, 0.15) is 5.75 Å². The molecule has 0 spiro atoms. The molecule has 2 aromatic heterocycles. The molecule has 0 radical (unpaired) electrons. The first kappa shape index (κ1) is 10.7. The summed E-state index contributed by atoms with van der Waals surface area (Å²) in [6.07, 6.45) is 1.60. The quantitative estimate of drug-likeness (QED) is 0.881. The smallest absolute Gasteiger partial charge is 0.213 e. The number of nitrogens with two attached hydrogens (primary N) is 1. The van der Waals surface area contributed by atoms with Gasteiger partial charge in [-0.3, -0.25) is 0 Å². The number of nitrogens with zero attached hydrogens (tertiary/aromatic N) is 2. The molecule has 0 aliphatic rings. The Balaban J connectivity index is 2.52. The molecule has 84 valence electrons. The van der Waals surface area contributed by atoms with E-state index in [2.05, 4.69) is 9.97 Å². The van der Waals surface area contributed by atoms with E-state index in [4.69, 9.17) is 15.2 Å². The van der Waals surface area contributed by atoms with Crippen LogP contribution in [0.3, 0.4) is 0 Å². The number of methoxy groups -OCH3 is 2. The molecule has 2 N–H and O–H groups in total. The van der Waals surface area contributed by atoms with E-state index in [0.717, 1.165) is 11.3 Å². The second kappa shape index (κ2) is 4.36. The fourth-order valence-electron chi connectivity index (χ4n) is 1.31. The van der Waals surface area contributed by atoms with Crippen molar-refractivity contribution >= 4 is 16.5 Å². The number of nitrogen functional groups attached to an aromatic ring is 1. The summed E-state index contributed by atoms with van der Waals surface area (Å²) in [5.41, 5.74) is 7.18. The zero-order chi connectivity index (χ0) is 11.5. The lowest BCUT2D eigenvalue weighted by molar-refractivity contribution is 0.388. The van der Waals surface area contributed by atoms with Gasteiger partial charge in [-0.05, 0) is 0 Å². The van der Waals surface area contributed by atoms with Crippen LogP contribution in [0.1, 0.15) is 0 Å². The maximum atomic E-state index is 5.60. The zero-order valence-corrected chi connectivity index (χ0v) is 9.75. The second-order valence-electron chi connectivity index (χ2n) is 3.00. The summed E-state index contributed by atoms with van der Waals surface area (Å²) < 4.78 is 10.3. The van der Waals surface area contributed by atoms with Crippen molar-refractivity contribution in [3.63, 3.8) is 0 Å². The molecular formula is C10H11N3O2S. The van der Waals surface area contributed by atoms with Crippen LogP contribution >= 0.6 is 11.3 Å². The van der Waals surface area contributed by atoms with E-state index in [1.807, 2.05) is 5.38 Å². The normalized spacial score (nSPS) is 10.1. The summed E-state index contributed by atoms with van der Waals surface area (Å²) in [7, 11) is 3.15. The maximum Gasteiger partial charge on any atom is 0.213 e. The van der Waals surface area contributed by atoms with E-state index < -0.39 is 0 Å². The van der Waals surface area contributed by atoms with Crippen LogP contribution in [-0.2, 0) is 0 Å². The van der Waals surface area contributed by atoms with Gasteiger partial charge in [0.15, 0.2) is 5.13 Å². The molecule has 0 bridgehead atoms. The van der Waals surface area contributed by atoms with Gasteiger partial charge < -0.3 is 15.2 Å². The van der Waals surface area contributed by atoms with Crippen molar-refractivity contribution in [2.75, 3.05) is 20.0 Å². The Bertz CT molecular complexity index is 499. The number of hydrogen-bond donors (Lipinski definition) is 1.